The Morgan fingerprint density at radius 1 is 1.00 bits per heavy atom. The molecule has 5 nitrogen and oxygen atoms in total. The van der Waals surface area contributed by atoms with Gasteiger partial charge < -0.3 is 9.80 Å². The predicted octanol–water partition coefficient (Wildman–Crippen LogP) is 3.93. The van der Waals surface area contributed by atoms with Crippen LogP contribution in [0.15, 0.2) is 48.5 Å². The molecule has 0 radical (unpaired) electrons. The van der Waals surface area contributed by atoms with Crippen LogP contribution in [0.4, 0.5) is 0 Å². The van der Waals surface area contributed by atoms with Crippen molar-refractivity contribution in [2.24, 2.45) is 0 Å². The summed E-state index contributed by atoms with van der Waals surface area (Å²) < 4.78 is 0. The molecule has 5 rings (SSSR count). The summed E-state index contributed by atoms with van der Waals surface area (Å²) in [7, 11) is 2.17. The maximum Gasteiger partial charge on any atom is 0.272 e. The highest BCUT2D eigenvalue weighted by molar-refractivity contribution is 5.94. The number of carbonyl (C=O) groups excluding carboxylic acids is 1. The van der Waals surface area contributed by atoms with Crippen LogP contribution in [-0.2, 0) is 0 Å². The zero-order chi connectivity index (χ0) is 19.1. The van der Waals surface area contributed by atoms with E-state index in [0.29, 0.717) is 5.69 Å². The Kier molecular flexibility index (Phi) is 4.20. The number of hydrogen-bond acceptors (Lipinski definition) is 3. The third-order valence-corrected chi connectivity index (χ3v) is 6.61. The van der Waals surface area contributed by atoms with Crippen molar-refractivity contribution < 1.29 is 4.79 Å². The van der Waals surface area contributed by atoms with Gasteiger partial charge in [0.2, 0.25) is 0 Å². The summed E-state index contributed by atoms with van der Waals surface area (Å²) in [6.07, 6.45) is 4.36. The molecule has 3 heterocycles. The predicted molar refractivity (Wildman–Crippen MR) is 111 cm³/mol. The van der Waals surface area contributed by atoms with E-state index in [9.17, 15) is 4.79 Å². The van der Waals surface area contributed by atoms with Crippen LogP contribution in [-0.4, -0.2) is 58.1 Å². The largest absolute Gasteiger partial charge is 0.332 e. The van der Waals surface area contributed by atoms with Crippen molar-refractivity contribution in [2.45, 2.75) is 31.2 Å². The van der Waals surface area contributed by atoms with Crippen LogP contribution in [0.2, 0.25) is 0 Å². The molecule has 144 valence electrons. The van der Waals surface area contributed by atoms with Crippen molar-refractivity contribution in [3.05, 3.63) is 54.2 Å². The number of carbonyl (C=O) groups is 1. The highest BCUT2D eigenvalue weighted by Gasteiger charge is 2.45. The number of nitrogens with one attached hydrogen (secondary N) is 1. The summed E-state index contributed by atoms with van der Waals surface area (Å²) in [6.45, 7) is 2.98. The Morgan fingerprint density at radius 3 is 2.61 bits per heavy atom. The van der Waals surface area contributed by atoms with Crippen LogP contribution in [0.1, 0.15) is 36.2 Å². The third kappa shape index (κ3) is 2.90. The van der Waals surface area contributed by atoms with Gasteiger partial charge in [0.05, 0.1) is 5.69 Å². The fourth-order valence-corrected chi connectivity index (χ4v) is 4.88. The summed E-state index contributed by atoms with van der Waals surface area (Å²) in [5.74, 6) is 0.0987. The van der Waals surface area contributed by atoms with E-state index in [0.717, 1.165) is 56.6 Å². The Hall–Kier alpha value is -2.66. The van der Waals surface area contributed by atoms with Crippen molar-refractivity contribution in [3.8, 4) is 11.3 Å². The Balaban J connectivity index is 1.41. The lowest BCUT2D eigenvalue weighted by Crippen LogP contribution is -2.53. The fraction of sp³-hybridized carbons (Fsp3) is 0.391. The van der Waals surface area contributed by atoms with Crippen LogP contribution in [0.25, 0.3) is 22.0 Å². The second kappa shape index (κ2) is 6.74. The number of piperidine rings is 1. The number of nitrogens with zero attached hydrogens (tertiary/aromatic N) is 3. The van der Waals surface area contributed by atoms with Crippen LogP contribution in [0, 0.1) is 0 Å². The molecule has 0 saturated carbocycles. The normalized spacial score (nSPS) is 19.5. The average molecular weight is 374 g/mol. The van der Waals surface area contributed by atoms with Gasteiger partial charge in [-0.2, -0.15) is 5.10 Å². The maximum absolute atomic E-state index is 13.3. The lowest BCUT2D eigenvalue weighted by molar-refractivity contribution is 0.0403. The number of fused-ring (bicyclic) bond motifs is 1. The van der Waals surface area contributed by atoms with Crippen LogP contribution >= 0.6 is 0 Å². The van der Waals surface area contributed by atoms with Crippen molar-refractivity contribution in [3.63, 3.8) is 0 Å². The first-order valence-electron chi connectivity index (χ1n) is 10.2. The molecule has 2 saturated heterocycles. The zero-order valence-corrected chi connectivity index (χ0v) is 16.3. The van der Waals surface area contributed by atoms with Crippen LogP contribution in [0.3, 0.4) is 0 Å². The van der Waals surface area contributed by atoms with E-state index in [-0.39, 0.29) is 11.4 Å². The Morgan fingerprint density at radius 2 is 1.79 bits per heavy atom. The van der Waals surface area contributed by atoms with Gasteiger partial charge in [-0.05, 0) is 55.6 Å². The average Bonchev–Trinajstić information content (AvgIpc) is 3.37. The third-order valence-electron chi connectivity index (χ3n) is 6.61. The van der Waals surface area contributed by atoms with Crippen molar-refractivity contribution in [2.75, 3.05) is 26.7 Å². The molecular formula is C23H26N4O. The zero-order valence-electron chi connectivity index (χ0n) is 16.3. The number of aromatic amines is 1. The quantitative estimate of drug-likeness (QED) is 0.739. The van der Waals surface area contributed by atoms with Crippen LogP contribution < -0.4 is 0 Å². The molecule has 3 aromatic rings. The van der Waals surface area contributed by atoms with Crippen molar-refractivity contribution >= 4 is 16.7 Å². The lowest BCUT2D eigenvalue weighted by Gasteiger charge is -2.44. The number of hydrogen-bond donors (Lipinski definition) is 1. The number of benzene rings is 2. The van der Waals surface area contributed by atoms with Gasteiger partial charge in [-0.15, -0.1) is 0 Å². The summed E-state index contributed by atoms with van der Waals surface area (Å²) in [5, 5.41) is 9.85. The summed E-state index contributed by atoms with van der Waals surface area (Å²) in [4.78, 5) is 17.8. The highest BCUT2D eigenvalue weighted by Crippen LogP contribution is 2.39. The van der Waals surface area contributed by atoms with E-state index in [4.69, 9.17) is 0 Å². The molecule has 2 aliphatic rings. The minimum atomic E-state index is 0.0395. The van der Waals surface area contributed by atoms with Gasteiger partial charge in [-0.3, -0.25) is 9.89 Å². The standard InChI is InChI=1S/C23H26N4O/c1-26-13-10-23(11-14-26)9-4-12-27(23)22(28)21-16-20(24-25-21)19-8-7-17-5-2-3-6-18(17)15-19/h2-3,5-8,15-16H,4,9-14H2,1H3,(H,24,25). The first-order valence-corrected chi connectivity index (χ1v) is 10.2. The SMILES string of the molecule is CN1CCC2(CCCN2C(=O)c2cc(-c3ccc4ccccc4c3)n[nH]2)CC1. The number of rotatable bonds is 2. The first kappa shape index (κ1) is 17.4. The molecule has 2 aliphatic heterocycles. The summed E-state index contributed by atoms with van der Waals surface area (Å²) in [6, 6.07) is 16.5. The van der Waals surface area contributed by atoms with E-state index in [1.165, 1.54) is 10.8 Å². The summed E-state index contributed by atoms with van der Waals surface area (Å²) in [5.41, 5.74) is 2.50. The number of H-pyrrole nitrogens is 1. The van der Waals surface area contributed by atoms with Crippen molar-refractivity contribution in [1.82, 2.24) is 20.0 Å². The molecule has 0 bridgehead atoms. The second-order valence-corrected chi connectivity index (χ2v) is 8.32. The molecule has 0 unspecified atom stereocenters. The lowest BCUT2D eigenvalue weighted by atomic mass is 9.85. The molecule has 5 heteroatoms. The molecule has 2 aromatic carbocycles. The van der Waals surface area contributed by atoms with Gasteiger partial charge in [-0.1, -0.05) is 36.4 Å². The van der Waals surface area contributed by atoms with Gasteiger partial charge >= 0.3 is 0 Å². The van der Waals surface area contributed by atoms with E-state index >= 15 is 0 Å². The molecule has 0 atom stereocenters. The van der Waals surface area contributed by atoms with E-state index < -0.39 is 0 Å². The van der Waals surface area contributed by atoms with E-state index in [2.05, 4.69) is 57.4 Å². The monoisotopic (exact) mass is 374 g/mol. The molecule has 1 spiro atoms. The minimum Gasteiger partial charge on any atom is -0.332 e. The first-order chi connectivity index (χ1) is 13.6. The molecule has 1 aromatic heterocycles. The van der Waals surface area contributed by atoms with Gasteiger partial charge in [0.15, 0.2) is 0 Å². The molecule has 0 aliphatic carbocycles. The number of likely N-dealkylation sites (tertiary alicyclic amines) is 2. The fourth-order valence-electron chi connectivity index (χ4n) is 4.88. The molecule has 1 N–H and O–H groups in total. The van der Waals surface area contributed by atoms with Crippen LogP contribution in [0.5, 0.6) is 0 Å². The second-order valence-electron chi connectivity index (χ2n) is 8.32. The number of amides is 1. The molecular weight excluding hydrogens is 348 g/mol. The molecule has 1 amide bonds. The van der Waals surface area contributed by atoms with Gasteiger partial charge in [-0.25, -0.2) is 0 Å². The number of aromatic nitrogens is 2. The summed E-state index contributed by atoms with van der Waals surface area (Å²) >= 11 is 0. The smallest absolute Gasteiger partial charge is 0.272 e. The van der Waals surface area contributed by atoms with Gasteiger partial charge in [0.25, 0.3) is 5.91 Å². The Bertz CT molecular complexity index is 1020. The highest BCUT2D eigenvalue weighted by atomic mass is 16.2. The van der Waals surface area contributed by atoms with Crippen molar-refractivity contribution in [1.29, 1.82) is 0 Å². The molecule has 2 fully saturated rings. The maximum atomic E-state index is 13.3. The van der Waals surface area contributed by atoms with Gasteiger partial charge in [0.1, 0.15) is 5.69 Å². The minimum absolute atomic E-state index is 0.0395. The van der Waals surface area contributed by atoms with E-state index in [1.54, 1.807) is 0 Å². The Labute approximate surface area is 165 Å². The molecule has 28 heavy (non-hydrogen) atoms. The van der Waals surface area contributed by atoms with Gasteiger partial charge in [0, 0.05) is 30.7 Å². The van der Waals surface area contributed by atoms with E-state index in [1.807, 2.05) is 18.2 Å². The topological polar surface area (TPSA) is 52.2 Å².